The predicted octanol–water partition coefficient (Wildman–Crippen LogP) is 1.70. The molecule has 0 unspecified atom stereocenters. The van der Waals surface area contributed by atoms with Crippen LogP contribution in [0.5, 0.6) is 0 Å². The second-order valence-electron chi connectivity index (χ2n) is 3.26. The van der Waals surface area contributed by atoms with Crippen molar-refractivity contribution in [1.82, 2.24) is 14.6 Å². The van der Waals surface area contributed by atoms with E-state index in [1.165, 1.54) is 10.6 Å². The lowest BCUT2D eigenvalue weighted by molar-refractivity contribution is 0.822. The van der Waals surface area contributed by atoms with E-state index in [1.807, 2.05) is 6.92 Å². The highest BCUT2D eigenvalue weighted by atomic mass is 35.5. The Hall–Kier alpha value is -1.42. The zero-order valence-corrected chi connectivity index (χ0v) is 9.03. The van der Waals surface area contributed by atoms with Crippen LogP contribution in [-0.2, 0) is 6.42 Å². The molecule has 0 bridgehead atoms. The molecule has 0 radical (unpaired) electrons. The average molecular weight is 224 g/mol. The van der Waals surface area contributed by atoms with E-state index in [-0.39, 0.29) is 10.7 Å². The zero-order valence-electron chi connectivity index (χ0n) is 8.27. The van der Waals surface area contributed by atoms with Crippen LogP contribution in [0.15, 0.2) is 23.0 Å². The summed E-state index contributed by atoms with van der Waals surface area (Å²) in [6.07, 6.45) is 1.76. The summed E-state index contributed by atoms with van der Waals surface area (Å²) in [7, 11) is 0. The molecule has 2 heterocycles. The van der Waals surface area contributed by atoms with E-state index in [9.17, 15) is 4.79 Å². The number of nitrogens with zero attached hydrogens (tertiary/aromatic N) is 3. The van der Waals surface area contributed by atoms with Crippen molar-refractivity contribution >= 4 is 17.2 Å². The first kappa shape index (κ1) is 10.1. The molecule has 2 aromatic heterocycles. The van der Waals surface area contributed by atoms with Crippen LogP contribution in [0.1, 0.15) is 19.0 Å². The summed E-state index contributed by atoms with van der Waals surface area (Å²) in [5.41, 5.74) is 1.15. The van der Waals surface area contributed by atoms with Gasteiger partial charge in [0, 0.05) is 11.8 Å². The fourth-order valence-corrected chi connectivity index (χ4v) is 1.55. The molecule has 0 aliphatic rings. The van der Waals surface area contributed by atoms with Crippen LogP contribution in [0.4, 0.5) is 0 Å². The van der Waals surface area contributed by atoms with Gasteiger partial charge in [0.1, 0.15) is 5.15 Å². The van der Waals surface area contributed by atoms with Gasteiger partial charge in [-0.3, -0.25) is 4.79 Å². The van der Waals surface area contributed by atoms with Gasteiger partial charge in [-0.15, -0.1) is 0 Å². The van der Waals surface area contributed by atoms with Gasteiger partial charge >= 0.3 is 0 Å². The van der Waals surface area contributed by atoms with E-state index in [0.717, 1.165) is 18.5 Å². The topological polar surface area (TPSA) is 47.3 Å². The number of halogens is 1. The lowest BCUT2D eigenvalue weighted by atomic mass is 10.2. The summed E-state index contributed by atoms with van der Waals surface area (Å²) in [5, 5.41) is 4.17. The van der Waals surface area contributed by atoms with Crippen LogP contribution < -0.4 is 5.56 Å². The Balaban J connectivity index is 2.67. The fourth-order valence-electron chi connectivity index (χ4n) is 1.41. The van der Waals surface area contributed by atoms with Crippen molar-refractivity contribution in [3.05, 3.63) is 39.4 Å². The monoisotopic (exact) mass is 223 g/mol. The first-order chi connectivity index (χ1) is 7.20. The lowest BCUT2D eigenvalue weighted by Crippen LogP contribution is -2.18. The number of rotatable bonds is 2. The molecule has 0 spiro atoms. The number of fused-ring (bicyclic) bond motifs is 1. The lowest BCUT2D eigenvalue weighted by Gasteiger charge is -2.01. The molecule has 78 valence electrons. The van der Waals surface area contributed by atoms with Gasteiger partial charge in [-0.05, 0) is 18.6 Å². The molecule has 0 amide bonds. The summed E-state index contributed by atoms with van der Waals surface area (Å²) < 4.78 is 1.21. The van der Waals surface area contributed by atoms with Crippen molar-refractivity contribution in [1.29, 1.82) is 0 Å². The number of hydrogen-bond acceptors (Lipinski definition) is 3. The van der Waals surface area contributed by atoms with E-state index in [0.29, 0.717) is 5.65 Å². The van der Waals surface area contributed by atoms with Crippen LogP contribution in [0.3, 0.4) is 0 Å². The minimum Gasteiger partial charge on any atom is -0.267 e. The molecule has 0 saturated heterocycles. The number of hydrogen-bond donors (Lipinski definition) is 0. The molecular weight excluding hydrogens is 214 g/mol. The summed E-state index contributed by atoms with van der Waals surface area (Å²) in [6.45, 7) is 2.05. The third-order valence-corrected chi connectivity index (χ3v) is 2.25. The molecule has 0 aliphatic carbocycles. The van der Waals surface area contributed by atoms with Gasteiger partial charge < -0.3 is 0 Å². The van der Waals surface area contributed by atoms with Crippen molar-refractivity contribution < 1.29 is 0 Å². The van der Waals surface area contributed by atoms with Gasteiger partial charge in [0.2, 0.25) is 0 Å². The van der Waals surface area contributed by atoms with Crippen LogP contribution in [0.25, 0.3) is 5.65 Å². The maximum Gasteiger partial charge on any atom is 0.274 e. The molecule has 5 heteroatoms. The third-order valence-electron chi connectivity index (χ3n) is 2.05. The van der Waals surface area contributed by atoms with E-state index < -0.39 is 0 Å². The zero-order chi connectivity index (χ0) is 10.8. The predicted molar refractivity (Wildman–Crippen MR) is 58.3 cm³/mol. The number of aromatic nitrogens is 3. The molecule has 15 heavy (non-hydrogen) atoms. The van der Waals surface area contributed by atoms with Gasteiger partial charge in [0.25, 0.3) is 5.56 Å². The van der Waals surface area contributed by atoms with Gasteiger partial charge in [0.05, 0.1) is 0 Å². The van der Waals surface area contributed by atoms with Gasteiger partial charge in [-0.1, -0.05) is 24.9 Å². The Labute approximate surface area is 91.5 Å². The molecule has 0 aliphatic heterocycles. The first-order valence-corrected chi connectivity index (χ1v) is 5.14. The van der Waals surface area contributed by atoms with Crippen LogP contribution in [-0.4, -0.2) is 14.6 Å². The molecule has 0 aromatic carbocycles. The molecule has 0 N–H and O–H groups in total. The largest absolute Gasteiger partial charge is 0.274 e. The van der Waals surface area contributed by atoms with Crippen molar-refractivity contribution in [2.75, 3.05) is 0 Å². The average Bonchev–Trinajstić information content (AvgIpc) is 2.20. The van der Waals surface area contributed by atoms with Crippen LogP contribution in [0.2, 0.25) is 5.15 Å². The van der Waals surface area contributed by atoms with Crippen molar-refractivity contribution in [3.8, 4) is 0 Å². The van der Waals surface area contributed by atoms with Gasteiger partial charge in [-0.25, -0.2) is 4.98 Å². The summed E-state index contributed by atoms with van der Waals surface area (Å²) in [4.78, 5) is 15.9. The summed E-state index contributed by atoms with van der Waals surface area (Å²) in [5.74, 6) is 0. The Morgan fingerprint density at radius 1 is 1.47 bits per heavy atom. The SMILES string of the molecule is CCCc1cc(=O)n2nc(Cl)ccc2n1. The van der Waals surface area contributed by atoms with Crippen molar-refractivity contribution in [2.24, 2.45) is 0 Å². The second kappa shape index (κ2) is 3.98. The minimum absolute atomic E-state index is 0.189. The Kier molecular flexibility index (Phi) is 2.68. The molecule has 0 atom stereocenters. The van der Waals surface area contributed by atoms with Crippen molar-refractivity contribution in [2.45, 2.75) is 19.8 Å². The Morgan fingerprint density at radius 2 is 2.27 bits per heavy atom. The Bertz CT molecular complexity index is 550. The van der Waals surface area contributed by atoms with E-state index in [4.69, 9.17) is 11.6 Å². The van der Waals surface area contributed by atoms with E-state index >= 15 is 0 Å². The highest BCUT2D eigenvalue weighted by Crippen LogP contribution is 2.05. The van der Waals surface area contributed by atoms with Gasteiger partial charge in [-0.2, -0.15) is 9.61 Å². The molecule has 2 aromatic rings. The first-order valence-electron chi connectivity index (χ1n) is 4.76. The van der Waals surface area contributed by atoms with Crippen LogP contribution in [0, 0.1) is 0 Å². The Morgan fingerprint density at radius 3 is 3.00 bits per heavy atom. The fraction of sp³-hybridized carbons (Fsp3) is 0.300. The normalized spacial score (nSPS) is 10.8. The highest BCUT2D eigenvalue weighted by Gasteiger charge is 2.02. The molecule has 0 saturated carbocycles. The smallest absolute Gasteiger partial charge is 0.267 e. The summed E-state index contributed by atoms with van der Waals surface area (Å²) in [6, 6.07) is 4.81. The maximum absolute atomic E-state index is 11.6. The quantitative estimate of drug-likeness (QED) is 0.779. The van der Waals surface area contributed by atoms with Crippen molar-refractivity contribution in [3.63, 3.8) is 0 Å². The third kappa shape index (κ3) is 1.99. The standard InChI is InChI=1S/C10H10ClN3O/c1-2-3-7-6-10(15)14-9(12-7)5-4-8(11)13-14/h4-6H,2-3H2,1H3. The minimum atomic E-state index is -0.189. The van der Waals surface area contributed by atoms with Gasteiger partial charge in [0.15, 0.2) is 5.65 Å². The molecular formula is C10H10ClN3O. The summed E-state index contributed by atoms with van der Waals surface area (Å²) >= 11 is 5.69. The van der Waals surface area contributed by atoms with E-state index in [1.54, 1.807) is 12.1 Å². The molecule has 2 rings (SSSR count). The molecule has 0 fully saturated rings. The number of aryl methyl sites for hydroxylation is 1. The van der Waals surface area contributed by atoms with Crippen LogP contribution >= 0.6 is 11.6 Å². The molecule has 4 nitrogen and oxygen atoms in total. The highest BCUT2D eigenvalue weighted by molar-refractivity contribution is 6.29. The van der Waals surface area contributed by atoms with E-state index in [2.05, 4.69) is 10.1 Å². The second-order valence-corrected chi connectivity index (χ2v) is 3.65. The maximum atomic E-state index is 11.6.